The maximum Gasteiger partial charge on any atom is 0.358 e. The van der Waals surface area contributed by atoms with E-state index < -0.39 is 0 Å². The van der Waals surface area contributed by atoms with Crippen molar-refractivity contribution in [3.63, 3.8) is 0 Å². The van der Waals surface area contributed by atoms with E-state index in [1.165, 1.54) is 11.3 Å². The molecule has 0 saturated carbocycles. The van der Waals surface area contributed by atoms with Crippen LogP contribution in [0, 0.1) is 6.92 Å². The van der Waals surface area contributed by atoms with Crippen molar-refractivity contribution in [3.8, 4) is 0 Å². The summed E-state index contributed by atoms with van der Waals surface area (Å²) >= 11 is 1.52. The van der Waals surface area contributed by atoms with Gasteiger partial charge in [0.2, 0.25) is 0 Å². The Labute approximate surface area is 99.8 Å². The highest BCUT2D eigenvalue weighted by Gasteiger charge is 2.17. The summed E-state index contributed by atoms with van der Waals surface area (Å²) in [6, 6.07) is 0.112. The number of thiazole rings is 1. The Balaban J connectivity index is 2.77. The fraction of sp³-hybridized carbons (Fsp3) is 0.636. The number of carbonyl (C=O) groups excluding carboxylic acids is 1. The molecule has 5 heteroatoms. The standard InChI is InChI=1S/C11H18N2O2S/c1-4-8(12)6-9-13-10(7(3)16-9)11(14)15-5-2/h8H,4-6,12H2,1-3H3. The number of carbonyl (C=O) groups is 1. The van der Waals surface area contributed by atoms with E-state index in [1.54, 1.807) is 6.92 Å². The van der Waals surface area contributed by atoms with Crippen LogP contribution in [0.5, 0.6) is 0 Å². The average molecular weight is 242 g/mol. The predicted molar refractivity (Wildman–Crippen MR) is 64.8 cm³/mol. The van der Waals surface area contributed by atoms with Gasteiger partial charge in [0.05, 0.1) is 11.6 Å². The lowest BCUT2D eigenvalue weighted by atomic mass is 10.2. The Morgan fingerprint density at radius 1 is 1.56 bits per heavy atom. The summed E-state index contributed by atoms with van der Waals surface area (Å²) in [5.41, 5.74) is 6.28. The average Bonchev–Trinajstić information content (AvgIpc) is 2.59. The van der Waals surface area contributed by atoms with Gasteiger partial charge in [0.15, 0.2) is 5.69 Å². The van der Waals surface area contributed by atoms with Crippen molar-refractivity contribution in [2.45, 2.75) is 39.7 Å². The summed E-state index contributed by atoms with van der Waals surface area (Å²) in [7, 11) is 0. The molecule has 2 N–H and O–H groups in total. The van der Waals surface area contributed by atoms with E-state index in [9.17, 15) is 4.79 Å². The van der Waals surface area contributed by atoms with Gasteiger partial charge in [-0.15, -0.1) is 11.3 Å². The van der Waals surface area contributed by atoms with Gasteiger partial charge in [-0.1, -0.05) is 6.92 Å². The van der Waals surface area contributed by atoms with E-state index in [1.807, 2.05) is 13.8 Å². The second kappa shape index (κ2) is 5.96. The predicted octanol–water partition coefficient (Wildman–Crippen LogP) is 1.91. The Bertz CT molecular complexity index is 363. The lowest BCUT2D eigenvalue weighted by molar-refractivity contribution is 0.0519. The first kappa shape index (κ1) is 13.1. The minimum absolute atomic E-state index is 0.112. The molecule has 0 amide bonds. The highest BCUT2D eigenvalue weighted by atomic mass is 32.1. The van der Waals surface area contributed by atoms with E-state index in [0.717, 1.165) is 22.7 Å². The van der Waals surface area contributed by atoms with Crippen molar-refractivity contribution in [2.75, 3.05) is 6.61 Å². The van der Waals surface area contributed by atoms with Gasteiger partial charge in [0, 0.05) is 17.3 Å². The van der Waals surface area contributed by atoms with Crippen LogP contribution >= 0.6 is 11.3 Å². The van der Waals surface area contributed by atoms with Crippen LogP contribution in [-0.2, 0) is 11.2 Å². The van der Waals surface area contributed by atoms with Crippen LogP contribution in [0.4, 0.5) is 0 Å². The van der Waals surface area contributed by atoms with Crippen LogP contribution in [0.15, 0.2) is 0 Å². The SMILES string of the molecule is CCOC(=O)c1nc(CC(N)CC)sc1C. The molecule has 0 aliphatic rings. The Hall–Kier alpha value is -0.940. The number of aryl methyl sites for hydroxylation is 1. The van der Waals surface area contributed by atoms with Gasteiger partial charge >= 0.3 is 5.97 Å². The molecule has 0 bridgehead atoms. The lowest BCUT2D eigenvalue weighted by Gasteiger charge is -2.04. The van der Waals surface area contributed by atoms with Crippen LogP contribution in [0.1, 0.15) is 40.6 Å². The molecule has 0 aromatic carbocycles. The van der Waals surface area contributed by atoms with Crippen LogP contribution in [-0.4, -0.2) is 23.6 Å². The van der Waals surface area contributed by atoms with E-state index in [-0.39, 0.29) is 12.0 Å². The molecular formula is C11H18N2O2S. The van der Waals surface area contributed by atoms with Crippen molar-refractivity contribution in [1.29, 1.82) is 0 Å². The number of rotatable bonds is 5. The summed E-state index contributed by atoms with van der Waals surface area (Å²) in [5, 5.41) is 0.912. The van der Waals surface area contributed by atoms with Crippen molar-refractivity contribution < 1.29 is 9.53 Å². The Morgan fingerprint density at radius 3 is 2.81 bits per heavy atom. The first-order valence-corrected chi connectivity index (χ1v) is 6.29. The van der Waals surface area contributed by atoms with Crippen LogP contribution in [0.2, 0.25) is 0 Å². The number of nitrogens with zero attached hydrogens (tertiary/aromatic N) is 1. The number of nitrogens with two attached hydrogens (primary N) is 1. The molecule has 0 aliphatic heterocycles. The van der Waals surface area contributed by atoms with Crippen LogP contribution < -0.4 is 5.73 Å². The highest BCUT2D eigenvalue weighted by Crippen LogP contribution is 2.19. The molecular weight excluding hydrogens is 224 g/mol. The molecule has 0 fully saturated rings. The summed E-state index contributed by atoms with van der Waals surface area (Å²) in [6.45, 7) is 6.08. The highest BCUT2D eigenvalue weighted by molar-refractivity contribution is 7.11. The number of hydrogen-bond acceptors (Lipinski definition) is 5. The molecule has 0 saturated heterocycles. The lowest BCUT2D eigenvalue weighted by Crippen LogP contribution is -2.21. The quantitative estimate of drug-likeness (QED) is 0.801. The number of esters is 1. The number of aromatic nitrogens is 1. The zero-order valence-electron chi connectivity index (χ0n) is 9.95. The molecule has 1 atom stereocenters. The fourth-order valence-electron chi connectivity index (χ4n) is 1.30. The third kappa shape index (κ3) is 3.28. The molecule has 1 aromatic heterocycles. The van der Waals surface area contributed by atoms with E-state index >= 15 is 0 Å². The minimum atomic E-state index is -0.340. The molecule has 1 unspecified atom stereocenters. The zero-order chi connectivity index (χ0) is 12.1. The van der Waals surface area contributed by atoms with Crippen molar-refractivity contribution in [1.82, 2.24) is 4.98 Å². The van der Waals surface area contributed by atoms with Gasteiger partial charge in [-0.05, 0) is 20.3 Å². The van der Waals surface area contributed by atoms with Crippen molar-refractivity contribution >= 4 is 17.3 Å². The monoisotopic (exact) mass is 242 g/mol. The maximum atomic E-state index is 11.5. The van der Waals surface area contributed by atoms with Gasteiger partial charge in [0.25, 0.3) is 0 Å². The van der Waals surface area contributed by atoms with E-state index in [4.69, 9.17) is 10.5 Å². The first-order valence-electron chi connectivity index (χ1n) is 5.47. The molecule has 4 nitrogen and oxygen atoms in total. The smallest absolute Gasteiger partial charge is 0.358 e. The first-order chi connectivity index (χ1) is 7.58. The third-order valence-electron chi connectivity index (χ3n) is 2.27. The molecule has 0 spiro atoms. The molecule has 90 valence electrons. The molecule has 16 heavy (non-hydrogen) atoms. The summed E-state index contributed by atoms with van der Waals surface area (Å²) in [5.74, 6) is -0.340. The molecule has 0 radical (unpaired) electrons. The fourth-order valence-corrected chi connectivity index (χ4v) is 2.31. The minimum Gasteiger partial charge on any atom is -0.461 e. The van der Waals surface area contributed by atoms with E-state index in [0.29, 0.717) is 12.3 Å². The molecule has 1 heterocycles. The van der Waals surface area contributed by atoms with Crippen molar-refractivity contribution in [2.24, 2.45) is 5.73 Å². The normalized spacial score (nSPS) is 12.5. The molecule has 0 aliphatic carbocycles. The van der Waals surface area contributed by atoms with E-state index in [2.05, 4.69) is 4.98 Å². The summed E-state index contributed by atoms with van der Waals surface area (Å²) in [4.78, 5) is 16.7. The van der Waals surface area contributed by atoms with Gasteiger partial charge in [-0.25, -0.2) is 9.78 Å². The van der Waals surface area contributed by atoms with Crippen LogP contribution in [0.25, 0.3) is 0 Å². The molecule has 1 rings (SSSR count). The van der Waals surface area contributed by atoms with Gasteiger partial charge in [0.1, 0.15) is 0 Å². The number of ether oxygens (including phenoxy) is 1. The zero-order valence-corrected chi connectivity index (χ0v) is 10.8. The van der Waals surface area contributed by atoms with Crippen LogP contribution in [0.3, 0.4) is 0 Å². The Kier molecular flexibility index (Phi) is 4.89. The van der Waals surface area contributed by atoms with Gasteiger partial charge in [-0.2, -0.15) is 0 Å². The second-order valence-electron chi connectivity index (χ2n) is 3.61. The Morgan fingerprint density at radius 2 is 2.25 bits per heavy atom. The third-order valence-corrected chi connectivity index (χ3v) is 3.26. The maximum absolute atomic E-state index is 11.5. The largest absolute Gasteiger partial charge is 0.461 e. The summed E-state index contributed by atoms with van der Waals surface area (Å²) < 4.78 is 4.93. The van der Waals surface area contributed by atoms with Gasteiger partial charge < -0.3 is 10.5 Å². The molecule has 1 aromatic rings. The summed E-state index contributed by atoms with van der Waals surface area (Å²) in [6.07, 6.45) is 1.63. The van der Waals surface area contributed by atoms with Crippen molar-refractivity contribution in [3.05, 3.63) is 15.6 Å². The second-order valence-corrected chi connectivity index (χ2v) is 4.89. The number of hydrogen-bond donors (Lipinski definition) is 1. The van der Waals surface area contributed by atoms with Gasteiger partial charge in [-0.3, -0.25) is 0 Å². The topological polar surface area (TPSA) is 65.2 Å².